The zero-order valence-electron chi connectivity index (χ0n) is 18.5. The van der Waals surface area contributed by atoms with Crippen molar-refractivity contribution in [3.8, 4) is 11.5 Å². The molecule has 176 valence electrons. The zero-order valence-corrected chi connectivity index (χ0v) is 19.3. The molecule has 1 atom stereocenters. The highest BCUT2D eigenvalue weighted by atomic mass is 35.5. The van der Waals surface area contributed by atoms with Gasteiger partial charge in [-0.15, -0.1) is 0 Å². The first-order valence-electron chi connectivity index (χ1n) is 10.2. The Hall–Kier alpha value is -3.59. The van der Waals surface area contributed by atoms with Crippen LogP contribution in [-0.2, 0) is 9.59 Å². The molecule has 0 aliphatic heterocycles. The maximum absolute atomic E-state index is 12.6. The lowest BCUT2D eigenvalue weighted by Gasteiger charge is -2.20. The number of benzene rings is 2. The minimum atomic E-state index is -1.10. The Bertz CT molecular complexity index is 1030. The molecular formula is C23H26ClN3O6. The number of amides is 2. The van der Waals surface area contributed by atoms with Crippen LogP contribution in [-0.4, -0.2) is 48.4 Å². The van der Waals surface area contributed by atoms with Crippen LogP contribution in [0.1, 0.15) is 36.7 Å². The molecule has 0 heterocycles. The monoisotopic (exact) mass is 475 g/mol. The van der Waals surface area contributed by atoms with E-state index in [4.69, 9.17) is 26.2 Å². The number of carbonyl (C=O) groups is 3. The second-order valence-corrected chi connectivity index (χ2v) is 7.64. The number of carbonyl (C=O) groups excluding carboxylic acids is 2. The largest absolute Gasteiger partial charge is 0.490 e. The number of nitrogens with zero attached hydrogens (tertiary/aromatic N) is 1. The summed E-state index contributed by atoms with van der Waals surface area (Å²) in [6.45, 7) is 5.23. The van der Waals surface area contributed by atoms with Gasteiger partial charge < -0.3 is 19.9 Å². The lowest BCUT2D eigenvalue weighted by atomic mass is 10.0. The van der Waals surface area contributed by atoms with Crippen molar-refractivity contribution in [2.45, 2.75) is 26.8 Å². The number of hydrogen-bond acceptors (Lipinski definition) is 6. The van der Waals surface area contributed by atoms with Crippen molar-refractivity contribution in [2.24, 2.45) is 11.0 Å². The highest BCUT2D eigenvalue weighted by Gasteiger charge is 2.25. The molecule has 10 heteroatoms. The fraction of sp³-hybridized carbons (Fsp3) is 0.304. The lowest BCUT2D eigenvalue weighted by Crippen LogP contribution is -2.48. The summed E-state index contributed by atoms with van der Waals surface area (Å²) in [5.74, 6) is -1.64. The molecule has 0 bridgehead atoms. The molecule has 1 unspecified atom stereocenters. The van der Waals surface area contributed by atoms with Crippen molar-refractivity contribution in [1.29, 1.82) is 0 Å². The number of ether oxygens (including phenoxy) is 2. The number of carboxylic acid groups (broad SMARTS) is 1. The molecule has 0 aliphatic carbocycles. The molecule has 2 rings (SSSR count). The highest BCUT2D eigenvalue weighted by molar-refractivity contribution is 6.33. The Labute approximate surface area is 196 Å². The van der Waals surface area contributed by atoms with Crippen molar-refractivity contribution >= 4 is 35.6 Å². The van der Waals surface area contributed by atoms with E-state index in [0.29, 0.717) is 17.9 Å². The van der Waals surface area contributed by atoms with E-state index in [0.717, 1.165) is 0 Å². The van der Waals surface area contributed by atoms with E-state index in [2.05, 4.69) is 15.8 Å². The number of halogens is 1. The van der Waals surface area contributed by atoms with Gasteiger partial charge in [0.2, 0.25) is 0 Å². The lowest BCUT2D eigenvalue weighted by molar-refractivity contribution is -0.139. The fourth-order valence-electron chi connectivity index (χ4n) is 2.77. The predicted molar refractivity (Wildman–Crippen MR) is 124 cm³/mol. The van der Waals surface area contributed by atoms with Gasteiger partial charge in [-0.1, -0.05) is 37.6 Å². The van der Waals surface area contributed by atoms with Crippen LogP contribution in [0.5, 0.6) is 11.5 Å². The molecule has 2 amide bonds. The van der Waals surface area contributed by atoms with E-state index in [-0.39, 0.29) is 22.3 Å². The number of hydrazone groups is 1. The Morgan fingerprint density at radius 3 is 2.48 bits per heavy atom. The summed E-state index contributed by atoms with van der Waals surface area (Å²) in [4.78, 5) is 35.9. The van der Waals surface area contributed by atoms with Gasteiger partial charge in [0, 0.05) is 0 Å². The quantitative estimate of drug-likeness (QED) is 0.338. The van der Waals surface area contributed by atoms with Crippen LogP contribution in [0.4, 0.5) is 0 Å². The van der Waals surface area contributed by atoms with Crippen molar-refractivity contribution in [3.05, 3.63) is 58.6 Å². The molecule has 2 aromatic rings. The maximum Gasteiger partial charge on any atom is 0.341 e. The predicted octanol–water partition coefficient (Wildman–Crippen LogP) is 3.11. The van der Waals surface area contributed by atoms with E-state index in [9.17, 15) is 14.4 Å². The number of hydrogen-bond donors (Lipinski definition) is 3. The third-order valence-corrected chi connectivity index (χ3v) is 4.69. The summed E-state index contributed by atoms with van der Waals surface area (Å²) in [5.41, 5.74) is 3.28. The summed E-state index contributed by atoms with van der Waals surface area (Å²) in [5, 5.41) is 15.7. The minimum Gasteiger partial charge on any atom is -0.490 e. The average molecular weight is 476 g/mol. The molecule has 2 aromatic carbocycles. The summed E-state index contributed by atoms with van der Waals surface area (Å²) in [6.07, 6.45) is 1.40. The van der Waals surface area contributed by atoms with Gasteiger partial charge in [-0.05, 0) is 48.7 Å². The molecule has 3 N–H and O–H groups in total. The van der Waals surface area contributed by atoms with Crippen LogP contribution in [0.25, 0.3) is 0 Å². The molecule has 33 heavy (non-hydrogen) atoms. The summed E-state index contributed by atoms with van der Waals surface area (Å²) < 4.78 is 10.7. The van der Waals surface area contributed by atoms with Gasteiger partial charge in [-0.25, -0.2) is 10.2 Å². The van der Waals surface area contributed by atoms with Crippen molar-refractivity contribution < 1.29 is 29.0 Å². The van der Waals surface area contributed by atoms with Crippen molar-refractivity contribution in [2.75, 3.05) is 13.2 Å². The first kappa shape index (κ1) is 25.7. The fourth-order valence-corrected chi connectivity index (χ4v) is 2.99. The van der Waals surface area contributed by atoms with Crippen LogP contribution in [0.3, 0.4) is 0 Å². The SMILES string of the molecule is CCOc1cc(C=NNC(=O)C(NC(=O)c2ccccc2Cl)C(C)C)ccc1OCC(=O)O. The van der Waals surface area contributed by atoms with Crippen LogP contribution in [0.2, 0.25) is 5.02 Å². The molecule has 0 saturated heterocycles. The summed E-state index contributed by atoms with van der Waals surface area (Å²) >= 11 is 6.06. The van der Waals surface area contributed by atoms with Crippen LogP contribution >= 0.6 is 11.6 Å². The Balaban J connectivity index is 2.06. The second kappa shape index (κ2) is 12.4. The first-order valence-corrected chi connectivity index (χ1v) is 10.6. The number of aliphatic carboxylic acids is 1. The molecule has 0 aliphatic rings. The van der Waals surface area contributed by atoms with Gasteiger partial charge in [0.25, 0.3) is 11.8 Å². The number of carboxylic acids is 1. The van der Waals surface area contributed by atoms with Gasteiger partial charge in [-0.2, -0.15) is 5.10 Å². The third kappa shape index (κ3) is 7.80. The molecular weight excluding hydrogens is 450 g/mol. The minimum absolute atomic E-state index is 0.207. The van der Waals surface area contributed by atoms with Crippen molar-refractivity contribution in [1.82, 2.24) is 10.7 Å². The molecule has 0 aromatic heterocycles. The van der Waals surface area contributed by atoms with E-state index >= 15 is 0 Å². The van der Waals surface area contributed by atoms with E-state index in [1.807, 2.05) is 0 Å². The number of nitrogens with one attached hydrogen (secondary N) is 2. The molecule has 9 nitrogen and oxygen atoms in total. The topological polar surface area (TPSA) is 126 Å². The third-order valence-electron chi connectivity index (χ3n) is 4.36. The molecule has 0 saturated carbocycles. The van der Waals surface area contributed by atoms with E-state index in [1.54, 1.807) is 63.2 Å². The van der Waals surface area contributed by atoms with Crippen molar-refractivity contribution in [3.63, 3.8) is 0 Å². The van der Waals surface area contributed by atoms with Crippen LogP contribution in [0, 0.1) is 5.92 Å². The van der Waals surface area contributed by atoms with Gasteiger partial charge in [0.15, 0.2) is 18.1 Å². The number of rotatable bonds is 11. The van der Waals surface area contributed by atoms with Gasteiger partial charge in [0.1, 0.15) is 6.04 Å². The Morgan fingerprint density at radius 1 is 1.12 bits per heavy atom. The van der Waals surface area contributed by atoms with Crippen LogP contribution in [0.15, 0.2) is 47.6 Å². The van der Waals surface area contributed by atoms with E-state index in [1.165, 1.54) is 6.21 Å². The summed E-state index contributed by atoms with van der Waals surface area (Å²) in [6, 6.07) is 10.5. The highest BCUT2D eigenvalue weighted by Crippen LogP contribution is 2.28. The zero-order chi connectivity index (χ0) is 24.4. The Kier molecular flexibility index (Phi) is 9.68. The van der Waals surface area contributed by atoms with Crippen LogP contribution < -0.4 is 20.2 Å². The molecule has 0 fully saturated rings. The second-order valence-electron chi connectivity index (χ2n) is 7.23. The first-order chi connectivity index (χ1) is 15.7. The average Bonchev–Trinajstić information content (AvgIpc) is 2.76. The maximum atomic E-state index is 12.6. The smallest absolute Gasteiger partial charge is 0.341 e. The van der Waals surface area contributed by atoms with Gasteiger partial charge in [0.05, 0.1) is 23.4 Å². The standard InChI is InChI=1S/C23H26ClN3O6/c1-4-32-19-11-15(9-10-18(19)33-13-20(28)29)12-25-27-23(31)21(14(2)3)26-22(30)16-7-5-6-8-17(16)24/h5-12,14,21H,4,13H2,1-3H3,(H,26,30)(H,27,31)(H,28,29). The van der Waals surface area contributed by atoms with Gasteiger partial charge in [-0.3, -0.25) is 9.59 Å². The van der Waals surface area contributed by atoms with E-state index < -0.39 is 30.4 Å². The van der Waals surface area contributed by atoms with Gasteiger partial charge >= 0.3 is 5.97 Å². The molecule has 0 radical (unpaired) electrons. The summed E-state index contributed by atoms with van der Waals surface area (Å²) in [7, 11) is 0. The molecule has 0 spiro atoms. The Morgan fingerprint density at radius 2 is 1.85 bits per heavy atom. The normalized spacial score (nSPS) is 11.8.